The van der Waals surface area contributed by atoms with Crippen molar-refractivity contribution < 1.29 is 13.2 Å². The molecule has 0 fully saturated rings. The number of hydrogen-bond donors (Lipinski definition) is 1. The molecule has 4 nitrogen and oxygen atoms in total. The first-order chi connectivity index (χ1) is 10.0. The quantitative estimate of drug-likeness (QED) is 0.927. The van der Waals surface area contributed by atoms with E-state index in [0.717, 1.165) is 43.1 Å². The van der Waals surface area contributed by atoms with Crippen LogP contribution in [-0.4, -0.2) is 14.5 Å². The van der Waals surface area contributed by atoms with Gasteiger partial charge in [-0.15, -0.1) is 0 Å². The molecule has 0 unspecified atom stereocenters. The number of alkyl halides is 3. The molecule has 0 spiro atoms. The molecule has 0 aliphatic heterocycles. The number of aryl methyl sites for hydroxylation is 1. The molecule has 2 heterocycles. The van der Waals surface area contributed by atoms with Crippen molar-refractivity contribution in [3.8, 4) is 5.82 Å². The predicted molar refractivity (Wildman–Crippen MR) is 70.9 cm³/mol. The number of nitrogens with two attached hydrogens (primary N) is 1. The Hall–Kier alpha value is -1.89. The second-order valence-electron chi connectivity index (χ2n) is 5.10. The first kappa shape index (κ1) is 14.1. The topological polar surface area (TPSA) is 56.7 Å². The SMILES string of the molecule is NCc1ccc(C(F)(F)F)nc1-n1cnc2c1CCCC2. The van der Waals surface area contributed by atoms with Gasteiger partial charge in [-0.3, -0.25) is 4.57 Å². The Labute approximate surface area is 119 Å². The third-order valence-corrected chi connectivity index (χ3v) is 3.72. The summed E-state index contributed by atoms with van der Waals surface area (Å²) in [6.45, 7) is 0.132. The van der Waals surface area contributed by atoms with Gasteiger partial charge in [0.25, 0.3) is 0 Å². The minimum atomic E-state index is -4.47. The third-order valence-electron chi connectivity index (χ3n) is 3.72. The number of rotatable bonds is 2. The van der Waals surface area contributed by atoms with Crippen molar-refractivity contribution in [2.75, 3.05) is 0 Å². The lowest BCUT2D eigenvalue weighted by atomic mass is 10.0. The highest BCUT2D eigenvalue weighted by Gasteiger charge is 2.33. The highest BCUT2D eigenvalue weighted by atomic mass is 19.4. The first-order valence-electron chi connectivity index (χ1n) is 6.83. The summed E-state index contributed by atoms with van der Waals surface area (Å²) < 4.78 is 40.3. The molecule has 2 aromatic rings. The fourth-order valence-electron chi connectivity index (χ4n) is 2.65. The molecule has 112 valence electrons. The van der Waals surface area contributed by atoms with Gasteiger partial charge in [0.15, 0.2) is 0 Å². The molecule has 3 rings (SSSR count). The van der Waals surface area contributed by atoms with Crippen molar-refractivity contribution in [1.29, 1.82) is 0 Å². The molecule has 7 heteroatoms. The average Bonchev–Trinajstić information content (AvgIpc) is 2.89. The van der Waals surface area contributed by atoms with Gasteiger partial charge >= 0.3 is 6.18 Å². The summed E-state index contributed by atoms with van der Waals surface area (Å²) in [6.07, 6.45) is 0.816. The molecule has 2 N–H and O–H groups in total. The molecule has 1 aliphatic rings. The molecule has 0 amide bonds. The zero-order valence-electron chi connectivity index (χ0n) is 11.3. The number of aromatic nitrogens is 3. The van der Waals surface area contributed by atoms with E-state index in [0.29, 0.717) is 5.56 Å². The number of nitrogens with zero attached hydrogens (tertiary/aromatic N) is 3. The largest absolute Gasteiger partial charge is 0.433 e. The van der Waals surface area contributed by atoms with Crippen molar-refractivity contribution >= 4 is 0 Å². The van der Waals surface area contributed by atoms with Crippen LogP contribution in [0.1, 0.15) is 35.5 Å². The second kappa shape index (κ2) is 5.14. The molecule has 1 aliphatic carbocycles. The Morgan fingerprint density at radius 1 is 1.19 bits per heavy atom. The fraction of sp³-hybridized carbons (Fsp3) is 0.429. The number of hydrogen-bond acceptors (Lipinski definition) is 3. The van der Waals surface area contributed by atoms with Gasteiger partial charge in [0.05, 0.1) is 5.69 Å². The minimum absolute atomic E-state index is 0.132. The maximum absolute atomic E-state index is 12.9. The highest BCUT2D eigenvalue weighted by Crippen LogP contribution is 2.30. The van der Waals surface area contributed by atoms with E-state index in [-0.39, 0.29) is 12.4 Å². The third kappa shape index (κ3) is 2.53. The zero-order valence-corrected chi connectivity index (χ0v) is 11.3. The molecule has 0 atom stereocenters. The molecule has 0 saturated heterocycles. The summed E-state index contributed by atoms with van der Waals surface area (Å²) in [5.74, 6) is 0.239. The van der Waals surface area contributed by atoms with Gasteiger partial charge in [-0.05, 0) is 31.7 Å². The molecule has 0 radical (unpaired) electrons. The van der Waals surface area contributed by atoms with Crippen LogP contribution in [0.5, 0.6) is 0 Å². The van der Waals surface area contributed by atoms with E-state index in [1.807, 2.05) is 0 Å². The molecule has 2 aromatic heterocycles. The van der Waals surface area contributed by atoms with Gasteiger partial charge in [0.2, 0.25) is 0 Å². The lowest BCUT2D eigenvalue weighted by Gasteiger charge is -2.16. The standard InChI is InChI=1S/C14H15F3N4/c15-14(16,17)12-6-5-9(7-18)13(20-12)21-8-19-10-3-1-2-4-11(10)21/h5-6,8H,1-4,7,18H2. The maximum atomic E-state index is 12.9. The van der Waals surface area contributed by atoms with Crippen LogP contribution < -0.4 is 5.73 Å². The first-order valence-corrected chi connectivity index (χ1v) is 6.83. The summed E-state index contributed by atoms with van der Waals surface area (Å²) in [5, 5.41) is 0. The van der Waals surface area contributed by atoms with E-state index in [4.69, 9.17) is 5.73 Å². The van der Waals surface area contributed by atoms with E-state index in [1.54, 1.807) is 10.9 Å². The van der Waals surface area contributed by atoms with Crippen molar-refractivity contribution in [2.24, 2.45) is 5.73 Å². The van der Waals surface area contributed by atoms with Gasteiger partial charge in [0, 0.05) is 17.8 Å². The summed E-state index contributed by atoms with van der Waals surface area (Å²) in [6, 6.07) is 2.36. The summed E-state index contributed by atoms with van der Waals surface area (Å²) >= 11 is 0. The van der Waals surface area contributed by atoms with E-state index >= 15 is 0 Å². The molecule has 0 aromatic carbocycles. The van der Waals surface area contributed by atoms with E-state index < -0.39 is 11.9 Å². The van der Waals surface area contributed by atoms with Crippen LogP contribution in [-0.2, 0) is 25.6 Å². The van der Waals surface area contributed by atoms with Crippen molar-refractivity contribution in [2.45, 2.75) is 38.4 Å². The molecular weight excluding hydrogens is 281 g/mol. The van der Waals surface area contributed by atoms with E-state index in [1.165, 1.54) is 6.07 Å². The predicted octanol–water partition coefficient (Wildman–Crippen LogP) is 2.62. The summed E-state index contributed by atoms with van der Waals surface area (Å²) in [5.41, 5.74) is 7.20. The number of halogens is 3. The maximum Gasteiger partial charge on any atom is 0.433 e. The Kier molecular flexibility index (Phi) is 3.44. The second-order valence-corrected chi connectivity index (χ2v) is 5.10. The van der Waals surface area contributed by atoms with Gasteiger partial charge < -0.3 is 5.73 Å². The van der Waals surface area contributed by atoms with Gasteiger partial charge in [-0.25, -0.2) is 9.97 Å². The van der Waals surface area contributed by atoms with Crippen molar-refractivity contribution in [1.82, 2.24) is 14.5 Å². The zero-order chi connectivity index (χ0) is 15.0. The normalized spacial score (nSPS) is 15.0. The average molecular weight is 296 g/mol. The monoisotopic (exact) mass is 296 g/mol. The van der Waals surface area contributed by atoms with Gasteiger partial charge in [-0.1, -0.05) is 6.07 Å². The van der Waals surface area contributed by atoms with Crippen LogP contribution in [0.3, 0.4) is 0 Å². The van der Waals surface area contributed by atoms with Crippen LogP contribution in [0, 0.1) is 0 Å². The fourth-order valence-corrected chi connectivity index (χ4v) is 2.65. The summed E-state index contributed by atoms with van der Waals surface area (Å²) in [7, 11) is 0. The minimum Gasteiger partial charge on any atom is -0.326 e. The van der Waals surface area contributed by atoms with E-state index in [2.05, 4.69) is 9.97 Å². The Morgan fingerprint density at radius 2 is 1.95 bits per heavy atom. The van der Waals surface area contributed by atoms with Crippen LogP contribution in [0.25, 0.3) is 5.82 Å². The number of imidazole rings is 1. The van der Waals surface area contributed by atoms with Crippen LogP contribution in [0.4, 0.5) is 13.2 Å². The van der Waals surface area contributed by atoms with Crippen molar-refractivity contribution in [3.05, 3.63) is 41.1 Å². The molecule has 0 saturated carbocycles. The van der Waals surface area contributed by atoms with Gasteiger partial charge in [0.1, 0.15) is 17.8 Å². The lowest BCUT2D eigenvalue weighted by Crippen LogP contribution is -2.15. The molecular formula is C14H15F3N4. The highest BCUT2D eigenvalue weighted by molar-refractivity contribution is 5.39. The van der Waals surface area contributed by atoms with Crippen LogP contribution >= 0.6 is 0 Å². The Morgan fingerprint density at radius 3 is 2.67 bits per heavy atom. The number of fused-ring (bicyclic) bond motifs is 1. The van der Waals surface area contributed by atoms with E-state index in [9.17, 15) is 13.2 Å². The van der Waals surface area contributed by atoms with Crippen molar-refractivity contribution in [3.63, 3.8) is 0 Å². The van der Waals surface area contributed by atoms with Crippen LogP contribution in [0.15, 0.2) is 18.5 Å². The number of pyridine rings is 1. The lowest BCUT2D eigenvalue weighted by molar-refractivity contribution is -0.141. The van der Waals surface area contributed by atoms with Gasteiger partial charge in [-0.2, -0.15) is 13.2 Å². The Balaban J connectivity index is 2.14. The Bertz CT molecular complexity index is 661. The summed E-state index contributed by atoms with van der Waals surface area (Å²) in [4.78, 5) is 8.08. The molecule has 21 heavy (non-hydrogen) atoms. The molecule has 0 bridgehead atoms. The van der Waals surface area contributed by atoms with Crippen LogP contribution in [0.2, 0.25) is 0 Å². The smallest absolute Gasteiger partial charge is 0.326 e.